The topological polar surface area (TPSA) is 76.3 Å². The Kier molecular flexibility index (Phi) is 3.32. The predicted octanol–water partition coefficient (Wildman–Crippen LogP) is 1.41. The molecule has 1 aliphatic rings. The van der Waals surface area contributed by atoms with Gasteiger partial charge in [0.25, 0.3) is 0 Å². The normalized spacial score (nSPS) is 20.0. The summed E-state index contributed by atoms with van der Waals surface area (Å²) in [6.45, 7) is 1.30. The van der Waals surface area contributed by atoms with Gasteiger partial charge in [0, 0.05) is 25.2 Å². The van der Waals surface area contributed by atoms with Crippen LogP contribution in [0.3, 0.4) is 0 Å². The number of aldehydes is 1. The van der Waals surface area contributed by atoms with Crippen LogP contribution in [0.25, 0.3) is 0 Å². The number of nitrogens with zero attached hydrogens (tertiary/aromatic N) is 3. The van der Waals surface area contributed by atoms with E-state index in [1.165, 1.54) is 12.4 Å². The Labute approximate surface area is 98.4 Å². The number of nitro groups is 1. The van der Waals surface area contributed by atoms with Crippen molar-refractivity contribution >= 4 is 17.7 Å². The van der Waals surface area contributed by atoms with E-state index in [4.69, 9.17) is 0 Å². The van der Waals surface area contributed by atoms with Crippen LogP contribution in [0.15, 0.2) is 18.5 Å². The van der Waals surface area contributed by atoms with Gasteiger partial charge in [-0.15, -0.1) is 0 Å². The van der Waals surface area contributed by atoms with Crippen LogP contribution < -0.4 is 4.90 Å². The third-order valence-corrected chi connectivity index (χ3v) is 2.97. The number of anilines is 1. The summed E-state index contributed by atoms with van der Waals surface area (Å²) in [7, 11) is 0. The van der Waals surface area contributed by atoms with Crippen LogP contribution in [0, 0.1) is 16.0 Å². The van der Waals surface area contributed by atoms with Gasteiger partial charge in [0.05, 0.1) is 4.92 Å². The molecule has 1 aromatic heterocycles. The number of piperidine rings is 1. The second-order valence-electron chi connectivity index (χ2n) is 4.11. The molecule has 0 N–H and O–H groups in total. The zero-order chi connectivity index (χ0) is 12.3. The van der Waals surface area contributed by atoms with Crippen molar-refractivity contribution in [1.29, 1.82) is 0 Å². The molecular weight excluding hydrogens is 222 g/mol. The zero-order valence-electron chi connectivity index (χ0n) is 9.28. The number of aromatic nitrogens is 1. The monoisotopic (exact) mass is 235 g/mol. The summed E-state index contributed by atoms with van der Waals surface area (Å²) in [5, 5.41) is 10.9. The molecule has 1 fully saturated rings. The Morgan fingerprint density at radius 2 is 2.41 bits per heavy atom. The Morgan fingerprint density at radius 1 is 1.59 bits per heavy atom. The summed E-state index contributed by atoms with van der Waals surface area (Å²) < 4.78 is 0. The van der Waals surface area contributed by atoms with Crippen LogP contribution in [-0.2, 0) is 4.79 Å². The van der Waals surface area contributed by atoms with Gasteiger partial charge in [-0.05, 0) is 18.9 Å². The molecule has 17 heavy (non-hydrogen) atoms. The molecule has 1 atom stereocenters. The minimum absolute atomic E-state index is 0.000881. The lowest BCUT2D eigenvalue weighted by Crippen LogP contribution is -2.36. The molecule has 1 saturated heterocycles. The van der Waals surface area contributed by atoms with Crippen LogP contribution >= 0.6 is 0 Å². The first-order chi connectivity index (χ1) is 8.22. The second-order valence-corrected chi connectivity index (χ2v) is 4.11. The largest absolute Gasteiger partial charge is 0.365 e. The van der Waals surface area contributed by atoms with E-state index >= 15 is 0 Å². The standard InChI is InChI=1S/C11H13N3O3/c15-8-9-2-1-5-13(7-9)10-3-4-12-6-11(10)14(16)17/h3-4,6,8-9H,1-2,5,7H2. The van der Waals surface area contributed by atoms with E-state index in [0.717, 1.165) is 25.7 Å². The lowest BCUT2D eigenvalue weighted by Gasteiger charge is -2.31. The molecule has 0 amide bonds. The highest BCUT2D eigenvalue weighted by Gasteiger charge is 2.25. The van der Waals surface area contributed by atoms with Gasteiger partial charge in [-0.1, -0.05) is 0 Å². The number of rotatable bonds is 3. The summed E-state index contributed by atoms with van der Waals surface area (Å²) in [4.78, 5) is 26.9. The number of pyridine rings is 1. The Balaban J connectivity index is 2.27. The van der Waals surface area contributed by atoms with Gasteiger partial charge in [-0.2, -0.15) is 0 Å². The van der Waals surface area contributed by atoms with Crippen molar-refractivity contribution in [2.24, 2.45) is 5.92 Å². The molecule has 0 aromatic carbocycles. The summed E-state index contributed by atoms with van der Waals surface area (Å²) in [5.41, 5.74) is 0.551. The molecule has 1 unspecified atom stereocenters. The fraction of sp³-hybridized carbons (Fsp3) is 0.455. The smallest absolute Gasteiger partial charge is 0.310 e. The maximum Gasteiger partial charge on any atom is 0.310 e. The molecule has 1 aromatic rings. The van der Waals surface area contributed by atoms with E-state index in [1.54, 1.807) is 6.07 Å². The SMILES string of the molecule is O=CC1CCCN(c2ccncc2[N+](=O)[O-])C1. The minimum atomic E-state index is -0.438. The fourth-order valence-corrected chi connectivity index (χ4v) is 2.13. The molecule has 6 heteroatoms. The molecular formula is C11H13N3O3. The molecule has 90 valence electrons. The summed E-state index contributed by atoms with van der Waals surface area (Å²) in [5.74, 6) is -0.0310. The molecule has 0 spiro atoms. The second kappa shape index (κ2) is 4.90. The first kappa shape index (κ1) is 11.5. The van der Waals surface area contributed by atoms with Crippen molar-refractivity contribution in [3.05, 3.63) is 28.6 Å². The highest BCUT2D eigenvalue weighted by molar-refractivity contribution is 5.64. The molecule has 0 saturated carbocycles. The van der Waals surface area contributed by atoms with Crippen LogP contribution in [0.4, 0.5) is 11.4 Å². The maximum absolute atomic E-state index is 10.9. The molecule has 0 bridgehead atoms. The highest BCUT2D eigenvalue weighted by atomic mass is 16.6. The van der Waals surface area contributed by atoms with Gasteiger partial charge < -0.3 is 9.69 Å². The van der Waals surface area contributed by atoms with Gasteiger partial charge >= 0.3 is 5.69 Å². The lowest BCUT2D eigenvalue weighted by molar-refractivity contribution is -0.384. The van der Waals surface area contributed by atoms with Gasteiger partial charge in [-0.25, -0.2) is 0 Å². The summed E-state index contributed by atoms with van der Waals surface area (Å²) in [6.07, 6.45) is 5.45. The lowest BCUT2D eigenvalue weighted by atomic mass is 9.99. The molecule has 0 aliphatic carbocycles. The van der Waals surface area contributed by atoms with E-state index < -0.39 is 4.92 Å². The fourth-order valence-electron chi connectivity index (χ4n) is 2.13. The Morgan fingerprint density at radius 3 is 3.12 bits per heavy atom. The summed E-state index contributed by atoms with van der Waals surface area (Å²) >= 11 is 0. The van der Waals surface area contributed by atoms with E-state index in [2.05, 4.69) is 4.98 Å². The van der Waals surface area contributed by atoms with Crippen molar-refractivity contribution in [1.82, 2.24) is 4.98 Å². The van der Waals surface area contributed by atoms with E-state index in [-0.39, 0.29) is 11.6 Å². The Bertz CT molecular complexity index is 436. The third-order valence-electron chi connectivity index (χ3n) is 2.97. The van der Waals surface area contributed by atoms with Crippen LogP contribution in [-0.4, -0.2) is 29.3 Å². The third kappa shape index (κ3) is 2.41. The first-order valence-electron chi connectivity index (χ1n) is 5.51. The van der Waals surface area contributed by atoms with Crippen molar-refractivity contribution < 1.29 is 9.72 Å². The molecule has 6 nitrogen and oxygen atoms in total. The van der Waals surface area contributed by atoms with Crippen molar-refractivity contribution in [2.45, 2.75) is 12.8 Å². The minimum Gasteiger partial charge on any atom is -0.365 e. The number of carbonyl (C=O) groups is 1. The van der Waals surface area contributed by atoms with Crippen molar-refractivity contribution in [3.63, 3.8) is 0 Å². The molecule has 2 rings (SSSR count). The number of hydrogen-bond acceptors (Lipinski definition) is 5. The first-order valence-corrected chi connectivity index (χ1v) is 5.51. The van der Waals surface area contributed by atoms with Crippen LogP contribution in [0.2, 0.25) is 0 Å². The van der Waals surface area contributed by atoms with E-state index in [1.807, 2.05) is 4.90 Å². The van der Waals surface area contributed by atoms with Gasteiger partial charge in [0.15, 0.2) is 0 Å². The van der Waals surface area contributed by atoms with Gasteiger partial charge in [-0.3, -0.25) is 15.1 Å². The zero-order valence-corrected chi connectivity index (χ0v) is 9.28. The van der Waals surface area contributed by atoms with Crippen LogP contribution in [0.1, 0.15) is 12.8 Å². The average Bonchev–Trinajstić information content (AvgIpc) is 2.39. The Hall–Kier alpha value is -1.98. The van der Waals surface area contributed by atoms with Crippen molar-refractivity contribution in [2.75, 3.05) is 18.0 Å². The predicted molar refractivity (Wildman–Crippen MR) is 61.9 cm³/mol. The quantitative estimate of drug-likeness (QED) is 0.449. The summed E-state index contributed by atoms with van der Waals surface area (Å²) in [6, 6.07) is 1.63. The van der Waals surface area contributed by atoms with Gasteiger partial charge in [0.2, 0.25) is 0 Å². The van der Waals surface area contributed by atoms with Gasteiger partial charge in [0.1, 0.15) is 18.2 Å². The molecule has 2 heterocycles. The van der Waals surface area contributed by atoms with Crippen LogP contribution in [0.5, 0.6) is 0 Å². The maximum atomic E-state index is 10.9. The van der Waals surface area contributed by atoms with Crippen molar-refractivity contribution in [3.8, 4) is 0 Å². The number of carbonyl (C=O) groups excluding carboxylic acids is 1. The molecule has 1 aliphatic heterocycles. The molecule has 0 radical (unpaired) electrons. The van der Waals surface area contributed by atoms with E-state index in [9.17, 15) is 14.9 Å². The average molecular weight is 235 g/mol. The van der Waals surface area contributed by atoms with E-state index in [0.29, 0.717) is 12.2 Å². The highest BCUT2D eigenvalue weighted by Crippen LogP contribution is 2.29. The number of hydrogen-bond donors (Lipinski definition) is 0.